The van der Waals surface area contributed by atoms with Crippen molar-refractivity contribution in [2.45, 2.75) is 46.1 Å². The first-order valence-electron chi connectivity index (χ1n) is 7.61. The number of thiazole rings is 1. The zero-order valence-electron chi connectivity index (χ0n) is 13.2. The van der Waals surface area contributed by atoms with E-state index in [4.69, 9.17) is 0 Å². The van der Waals surface area contributed by atoms with Gasteiger partial charge in [-0.05, 0) is 33.6 Å². The van der Waals surface area contributed by atoms with Crippen molar-refractivity contribution in [3.63, 3.8) is 0 Å². The molecule has 0 bridgehead atoms. The Morgan fingerprint density at radius 3 is 2.82 bits per heavy atom. The molecule has 6 nitrogen and oxygen atoms in total. The molecule has 1 fully saturated rings. The van der Waals surface area contributed by atoms with Gasteiger partial charge >= 0.3 is 0 Å². The molecule has 2 aromatic heterocycles. The fraction of sp³-hybridized carbons (Fsp3) is 0.600. The van der Waals surface area contributed by atoms with Crippen molar-refractivity contribution in [3.05, 3.63) is 27.7 Å². The summed E-state index contributed by atoms with van der Waals surface area (Å²) in [6.07, 6.45) is 2.44. The van der Waals surface area contributed by atoms with Gasteiger partial charge in [0.05, 0.1) is 23.2 Å². The summed E-state index contributed by atoms with van der Waals surface area (Å²) in [4.78, 5) is 23.2. The second-order valence-electron chi connectivity index (χ2n) is 5.82. The molecule has 0 spiro atoms. The lowest BCUT2D eigenvalue weighted by Crippen LogP contribution is -2.42. The lowest BCUT2D eigenvalue weighted by Gasteiger charge is -2.33. The minimum absolute atomic E-state index is 0.157. The molecule has 22 heavy (non-hydrogen) atoms. The Kier molecular flexibility index (Phi) is 4.24. The van der Waals surface area contributed by atoms with Gasteiger partial charge in [-0.3, -0.25) is 4.79 Å². The molecule has 2 aromatic rings. The van der Waals surface area contributed by atoms with Crippen LogP contribution in [0.25, 0.3) is 0 Å². The SMILES string of the molecule is Cc1nc(C)n([C@@H]2CCCN(C(=O)Cc3csc(C)n3)C2)n1. The van der Waals surface area contributed by atoms with Gasteiger partial charge in [-0.2, -0.15) is 5.10 Å². The maximum absolute atomic E-state index is 12.5. The monoisotopic (exact) mass is 319 g/mol. The van der Waals surface area contributed by atoms with Crippen LogP contribution in [-0.4, -0.2) is 43.6 Å². The van der Waals surface area contributed by atoms with Crippen molar-refractivity contribution in [2.24, 2.45) is 0 Å². The molecule has 0 unspecified atom stereocenters. The highest BCUT2D eigenvalue weighted by atomic mass is 32.1. The third-order valence-electron chi connectivity index (χ3n) is 4.00. The highest BCUT2D eigenvalue weighted by Gasteiger charge is 2.26. The third-order valence-corrected chi connectivity index (χ3v) is 4.82. The van der Waals surface area contributed by atoms with E-state index in [1.54, 1.807) is 11.3 Å². The van der Waals surface area contributed by atoms with E-state index >= 15 is 0 Å². The molecule has 0 N–H and O–H groups in total. The molecule has 3 heterocycles. The average Bonchev–Trinajstić information content (AvgIpc) is 3.04. The van der Waals surface area contributed by atoms with Crippen molar-refractivity contribution in [3.8, 4) is 0 Å². The largest absolute Gasteiger partial charge is 0.340 e. The number of rotatable bonds is 3. The number of carbonyl (C=O) groups is 1. The van der Waals surface area contributed by atoms with Crippen LogP contribution in [0, 0.1) is 20.8 Å². The number of aryl methyl sites for hydroxylation is 3. The van der Waals surface area contributed by atoms with Gasteiger partial charge in [0.1, 0.15) is 11.6 Å². The fourth-order valence-electron chi connectivity index (χ4n) is 3.02. The summed E-state index contributed by atoms with van der Waals surface area (Å²) in [5.74, 6) is 1.87. The minimum atomic E-state index is 0.157. The van der Waals surface area contributed by atoms with Crippen LogP contribution in [0.5, 0.6) is 0 Å². The molecule has 1 saturated heterocycles. The van der Waals surface area contributed by atoms with E-state index in [0.29, 0.717) is 13.0 Å². The molecule has 0 radical (unpaired) electrons. The molecular weight excluding hydrogens is 298 g/mol. The van der Waals surface area contributed by atoms with E-state index < -0.39 is 0 Å². The van der Waals surface area contributed by atoms with Crippen LogP contribution in [0.2, 0.25) is 0 Å². The van der Waals surface area contributed by atoms with Crippen LogP contribution in [0.15, 0.2) is 5.38 Å². The lowest BCUT2D eigenvalue weighted by atomic mass is 10.1. The molecule has 0 aromatic carbocycles. The number of piperidine rings is 1. The van der Waals surface area contributed by atoms with Crippen LogP contribution in [-0.2, 0) is 11.2 Å². The van der Waals surface area contributed by atoms with E-state index in [1.807, 2.05) is 35.7 Å². The number of hydrogen-bond acceptors (Lipinski definition) is 5. The van der Waals surface area contributed by atoms with Gasteiger partial charge in [-0.1, -0.05) is 0 Å². The molecule has 7 heteroatoms. The third kappa shape index (κ3) is 3.19. The molecule has 0 saturated carbocycles. The Morgan fingerprint density at radius 1 is 1.36 bits per heavy atom. The van der Waals surface area contributed by atoms with Crippen LogP contribution >= 0.6 is 11.3 Å². The summed E-state index contributed by atoms with van der Waals surface area (Å²) < 4.78 is 1.97. The standard InChI is InChI=1S/C15H21N5OS/c1-10-16-11(2)20(18-10)14-5-4-6-19(8-14)15(21)7-13-9-22-12(3)17-13/h9,14H,4-8H2,1-3H3/t14-/m1/s1. The Morgan fingerprint density at radius 2 is 2.18 bits per heavy atom. The number of amides is 1. The van der Waals surface area contributed by atoms with Gasteiger partial charge in [0.15, 0.2) is 0 Å². The summed E-state index contributed by atoms with van der Waals surface area (Å²) in [6.45, 7) is 7.38. The molecule has 3 rings (SSSR count). The average molecular weight is 319 g/mol. The van der Waals surface area contributed by atoms with Crippen LogP contribution in [0.4, 0.5) is 0 Å². The first kappa shape index (κ1) is 15.1. The zero-order valence-corrected chi connectivity index (χ0v) is 14.1. The summed E-state index contributed by atoms with van der Waals surface area (Å²) in [7, 11) is 0. The minimum Gasteiger partial charge on any atom is -0.340 e. The number of nitrogens with zero attached hydrogens (tertiary/aromatic N) is 5. The van der Waals surface area contributed by atoms with E-state index in [1.165, 1.54) is 0 Å². The molecule has 0 aliphatic carbocycles. The maximum atomic E-state index is 12.5. The second-order valence-corrected chi connectivity index (χ2v) is 6.88. The van der Waals surface area contributed by atoms with E-state index in [-0.39, 0.29) is 11.9 Å². The van der Waals surface area contributed by atoms with E-state index in [0.717, 1.165) is 41.7 Å². The van der Waals surface area contributed by atoms with Gasteiger partial charge in [-0.15, -0.1) is 11.3 Å². The van der Waals surface area contributed by atoms with Crippen molar-refractivity contribution >= 4 is 17.2 Å². The van der Waals surface area contributed by atoms with Crippen LogP contribution in [0.1, 0.15) is 41.2 Å². The van der Waals surface area contributed by atoms with Gasteiger partial charge in [-0.25, -0.2) is 14.6 Å². The smallest absolute Gasteiger partial charge is 0.228 e. The van der Waals surface area contributed by atoms with Crippen molar-refractivity contribution in [1.29, 1.82) is 0 Å². The predicted molar refractivity (Wildman–Crippen MR) is 84.9 cm³/mol. The number of carbonyl (C=O) groups excluding carboxylic acids is 1. The van der Waals surface area contributed by atoms with Crippen molar-refractivity contribution in [2.75, 3.05) is 13.1 Å². The summed E-state index contributed by atoms with van der Waals surface area (Å²) in [5.41, 5.74) is 0.877. The zero-order chi connectivity index (χ0) is 15.7. The quantitative estimate of drug-likeness (QED) is 0.869. The Balaban J connectivity index is 1.67. The summed E-state index contributed by atoms with van der Waals surface area (Å²) in [5, 5.41) is 7.45. The Bertz CT molecular complexity index is 677. The topological polar surface area (TPSA) is 63.9 Å². The molecule has 1 aliphatic rings. The Hall–Kier alpha value is -1.76. The lowest BCUT2D eigenvalue weighted by molar-refractivity contribution is -0.132. The molecule has 118 valence electrons. The second kappa shape index (κ2) is 6.16. The maximum Gasteiger partial charge on any atom is 0.228 e. The van der Waals surface area contributed by atoms with Crippen molar-refractivity contribution in [1.82, 2.24) is 24.6 Å². The predicted octanol–water partition coefficient (Wildman–Crippen LogP) is 2.07. The molecule has 1 amide bonds. The number of hydrogen-bond donors (Lipinski definition) is 0. The molecular formula is C15H21N5OS. The van der Waals surface area contributed by atoms with Gasteiger partial charge < -0.3 is 4.90 Å². The van der Waals surface area contributed by atoms with E-state index in [2.05, 4.69) is 15.1 Å². The highest BCUT2D eigenvalue weighted by Crippen LogP contribution is 2.22. The first-order chi connectivity index (χ1) is 10.5. The molecule has 1 aliphatic heterocycles. The van der Waals surface area contributed by atoms with E-state index in [9.17, 15) is 4.79 Å². The normalized spacial score (nSPS) is 18.7. The van der Waals surface area contributed by atoms with Gasteiger partial charge in [0.25, 0.3) is 0 Å². The number of aromatic nitrogens is 4. The van der Waals surface area contributed by atoms with Crippen molar-refractivity contribution < 1.29 is 4.79 Å². The Labute approximate surface area is 134 Å². The fourth-order valence-corrected chi connectivity index (χ4v) is 3.63. The van der Waals surface area contributed by atoms with Gasteiger partial charge in [0, 0.05) is 18.5 Å². The van der Waals surface area contributed by atoms with Crippen LogP contribution in [0.3, 0.4) is 0 Å². The number of likely N-dealkylation sites (tertiary alicyclic amines) is 1. The van der Waals surface area contributed by atoms with Gasteiger partial charge in [0.2, 0.25) is 5.91 Å². The summed E-state index contributed by atoms with van der Waals surface area (Å²) >= 11 is 1.59. The first-order valence-corrected chi connectivity index (χ1v) is 8.49. The molecule has 1 atom stereocenters. The highest BCUT2D eigenvalue weighted by molar-refractivity contribution is 7.09. The summed E-state index contributed by atoms with van der Waals surface area (Å²) in [6, 6.07) is 0.232. The van der Waals surface area contributed by atoms with Crippen LogP contribution < -0.4 is 0 Å².